The molecule has 0 aliphatic carbocycles. The second kappa shape index (κ2) is 6.34. The van der Waals surface area contributed by atoms with Gasteiger partial charge in [0.25, 0.3) is 0 Å². The molecule has 0 radical (unpaired) electrons. The topological polar surface area (TPSA) is 58.5 Å². The van der Waals surface area contributed by atoms with E-state index in [1.165, 1.54) is 6.26 Å². The Kier molecular flexibility index (Phi) is 4.53. The van der Waals surface area contributed by atoms with Gasteiger partial charge in [-0.2, -0.15) is 5.10 Å². The molecule has 0 spiro atoms. The van der Waals surface area contributed by atoms with Gasteiger partial charge < -0.3 is 0 Å². The van der Waals surface area contributed by atoms with E-state index in [4.69, 9.17) is 0 Å². The lowest BCUT2D eigenvalue weighted by atomic mass is 10.2. The first-order valence-corrected chi connectivity index (χ1v) is 8.20. The smallest absolute Gasteiger partial charge is 0.151 e. The van der Waals surface area contributed by atoms with Gasteiger partial charge in [-0.25, -0.2) is 8.42 Å². The zero-order chi connectivity index (χ0) is 14.4. The summed E-state index contributed by atoms with van der Waals surface area (Å²) in [6, 6.07) is 16.9. The normalized spacial score (nSPS) is 11.7. The van der Waals surface area contributed by atoms with Crippen molar-refractivity contribution in [3.63, 3.8) is 0 Å². The fourth-order valence-corrected chi connectivity index (χ4v) is 2.49. The molecule has 0 unspecified atom stereocenters. The molecular formula is C15H16N2O2S. The molecule has 0 aromatic heterocycles. The maximum absolute atomic E-state index is 11.2. The van der Waals surface area contributed by atoms with Crippen LogP contribution in [-0.2, 0) is 15.6 Å². The Balaban J connectivity index is 1.97. The summed E-state index contributed by atoms with van der Waals surface area (Å²) in [5.74, 6) is 0.0622. The third-order valence-electron chi connectivity index (χ3n) is 2.59. The molecule has 0 aliphatic rings. The van der Waals surface area contributed by atoms with Crippen LogP contribution in [0.5, 0.6) is 0 Å². The third kappa shape index (κ3) is 4.85. The summed E-state index contributed by atoms with van der Waals surface area (Å²) >= 11 is 0. The number of hydrogen-bond acceptors (Lipinski definition) is 4. The van der Waals surface area contributed by atoms with Gasteiger partial charge in [0.1, 0.15) is 0 Å². The molecule has 0 bridgehead atoms. The Morgan fingerprint density at radius 1 is 1.05 bits per heavy atom. The molecule has 2 aromatic rings. The minimum atomic E-state index is -2.99. The van der Waals surface area contributed by atoms with Crippen LogP contribution in [0.1, 0.15) is 11.1 Å². The van der Waals surface area contributed by atoms with Crippen molar-refractivity contribution in [2.45, 2.75) is 5.75 Å². The van der Waals surface area contributed by atoms with Crippen molar-refractivity contribution in [3.8, 4) is 0 Å². The molecule has 1 N–H and O–H groups in total. The van der Waals surface area contributed by atoms with Crippen molar-refractivity contribution < 1.29 is 8.42 Å². The van der Waals surface area contributed by atoms with Crippen molar-refractivity contribution in [1.29, 1.82) is 0 Å². The lowest BCUT2D eigenvalue weighted by molar-refractivity contribution is 0.601. The van der Waals surface area contributed by atoms with E-state index in [2.05, 4.69) is 10.5 Å². The SMILES string of the molecule is CS(=O)(=O)Cc1ccc(C=NNc2ccccc2)cc1. The lowest BCUT2D eigenvalue weighted by Gasteiger charge is -2.01. The van der Waals surface area contributed by atoms with Gasteiger partial charge in [0.15, 0.2) is 9.84 Å². The zero-order valence-corrected chi connectivity index (χ0v) is 12.0. The highest BCUT2D eigenvalue weighted by molar-refractivity contribution is 7.89. The van der Waals surface area contributed by atoms with E-state index in [0.717, 1.165) is 16.8 Å². The number of rotatable bonds is 5. The molecule has 4 nitrogen and oxygen atoms in total. The van der Waals surface area contributed by atoms with Crippen LogP contribution in [0.15, 0.2) is 59.7 Å². The largest absolute Gasteiger partial charge is 0.279 e. The summed E-state index contributed by atoms with van der Waals surface area (Å²) < 4.78 is 22.4. The van der Waals surface area contributed by atoms with Crippen LogP contribution in [0.25, 0.3) is 0 Å². The maximum Gasteiger partial charge on any atom is 0.151 e. The summed E-state index contributed by atoms with van der Waals surface area (Å²) in [5, 5.41) is 4.12. The molecule has 0 aliphatic heterocycles. The number of hydrazone groups is 1. The summed E-state index contributed by atoms with van der Waals surface area (Å²) in [7, 11) is -2.99. The maximum atomic E-state index is 11.2. The number of anilines is 1. The van der Waals surface area contributed by atoms with E-state index in [-0.39, 0.29) is 5.75 Å². The molecule has 2 aromatic carbocycles. The van der Waals surface area contributed by atoms with Crippen molar-refractivity contribution in [2.24, 2.45) is 5.10 Å². The van der Waals surface area contributed by atoms with Gasteiger partial charge in [-0.05, 0) is 23.3 Å². The predicted molar refractivity (Wildman–Crippen MR) is 82.6 cm³/mol. The van der Waals surface area contributed by atoms with Crippen LogP contribution >= 0.6 is 0 Å². The molecular weight excluding hydrogens is 272 g/mol. The van der Waals surface area contributed by atoms with E-state index in [1.54, 1.807) is 18.3 Å². The van der Waals surface area contributed by atoms with Gasteiger partial charge in [-0.1, -0.05) is 42.5 Å². The standard InChI is InChI=1S/C15H16N2O2S/c1-20(18,19)12-14-9-7-13(8-10-14)11-16-17-15-5-3-2-4-6-15/h2-11,17H,12H2,1H3. The molecule has 0 fully saturated rings. The van der Waals surface area contributed by atoms with Gasteiger partial charge >= 0.3 is 0 Å². The van der Waals surface area contributed by atoms with Crippen LogP contribution in [0.3, 0.4) is 0 Å². The highest BCUT2D eigenvalue weighted by atomic mass is 32.2. The van der Waals surface area contributed by atoms with E-state index < -0.39 is 9.84 Å². The van der Waals surface area contributed by atoms with Crippen molar-refractivity contribution in [2.75, 3.05) is 11.7 Å². The first-order valence-electron chi connectivity index (χ1n) is 6.14. The van der Waals surface area contributed by atoms with Crippen LogP contribution in [0, 0.1) is 0 Å². The number of nitrogens with zero attached hydrogens (tertiary/aromatic N) is 1. The average molecular weight is 288 g/mol. The fraction of sp³-hybridized carbons (Fsp3) is 0.133. The first-order chi connectivity index (χ1) is 9.53. The summed E-state index contributed by atoms with van der Waals surface area (Å²) in [5.41, 5.74) is 5.52. The van der Waals surface area contributed by atoms with Gasteiger partial charge in [-0.3, -0.25) is 5.43 Å². The molecule has 0 atom stereocenters. The summed E-state index contributed by atoms with van der Waals surface area (Å²) in [4.78, 5) is 0. The van der Waals surface area contributed by atoms with Gasteiger partial charge in [0.05, 0.1) is 17.7 Å². The minimum Gasteiger partial charge on any atom is -0.279 e. The Morgan fingerprint density at radius 2 is 1.70 bits per heavy atom. The summed E-state index contributed by atoms with van der Waals surface area (Å²) in [6.07, 6.45) is 2.92. The number of hydrogen-bond donors (Lipinski definition) is 1. The molecule has 20 heavy (non-hydrogen) atoms. The second-order valence-electron chi connectivity index (χ2n) is 4.55. The number of para-hydroxylation sites is 1. The number of sulfone groups is 1. The molecule has 0 saturated carbocycles. The van der Waals surface area contributed by atoms with Crippen LogP contribution in [0.2, 0.25) is 0 Å². The highest BCUT2D eigenvalue weighted by Crippen LogP contribution is 2.07. The quantitative estimate of drug-likeness (QED) is 0.680. The number of benzene rings is 2. The van der Waals surface area contributed by atoms with Crippen LogP contribution in [-0.4, -0.2) is 20.9 Å². The Bertz CT molecular complexity index is 678. The third-order valence-corrected chi connectivity index (χ3v) is 3.45. The van der Waals surface area contributed by atoms with Crippen molar-refractivity contribution >= 4 is 21.7 Å². The highest BCUT2D eigenvalue weighted by Gasteiger charge is 2.03. The molecule has 0 saturated heterocycles. The molecule has 2 rings (SSSR count). The van der Waals surface area contributed by atoms with Crippen LogP contribution < -0.4 is 5.43 Å². The Morgan fingerprint density at radius 3 is 2.30 bits per heavy atom. The molecule has 0 heterocycles. The van der Waals surface area contributed by atoms with E-state index in [9.17, 15) is 8.42 Å². The number of nitrogens with one attached hydrogen (secondary N) is 1. The monoisotopic (exact) mass is 288 g/mol. The molecule has 5 heteroatoms. The molecule has 0 amide bonds. The minimum absolute atomic E-state index is 0.0622. The summed E-state index contributed by atoms with van der Waals surface area (Å²) in [6.45, 7) is 0. The fourth-order valence-electron chi connectivity index (χ4n) is 1.70. The van der Waals surface area contributed by atoms with Crippen molar-refractivity contribution in [1.82, 2.24) is 0 Å². The van der Waals surface area contributed by atoms with E-state index >= 15 is 0 Å². The van der Waals surface area contributed by atoms with Gasteiger partial charge in [0, 0.05) is 6.26 Å². The van der Waals surface area contributed by atoms with Crippen molar-refractivity contribution in [3.05, 3.63) is 65.7 Å². The zero-order valence-electron chi connectivity index (χ0n) is 11.2. The van der Waals surface area contributed by atoms with E-state index in [0.29, 0.717) is 0 Å². The van der Waals surface area contributed by atoms with Gasteiger partial charge in [-0.15, -0.1) is 0 Å². The average Bonchev–Trinajstić information content (AvgIpc) is 2.40. The second-order valence-corrected chi connectivity index (χ2v) is 6.69. The Hall–Kier alpha value is -2.14. The Labute approximate surface area is 119 Å². The molecule has 104 valence electrons. The lowest BCUT2D eigenvalue weighted by Crippen LogP contribution is -2.00. The van der Waals surface area contributed by atoms with E-state index in [1.807, 2.05) is 42.5 Å². The van der Waals surface area contributed by atoms with Gasteiger partial charge in [0.2, 0.25) is 0 Å². The van der Waals surface area contributed by atoms with Crippen LogP contribution in [0.4, 0.5) is 5.69 Å². The first kappa shape index (κ1) is 14.3. The predicted octanol–water partition coefficient (Wildman–Crippen LogP) is 2.68.